The summed E-state index contributed by atoms with van der Waals surface area (Å²) >= 11 is 0. The van der Waals surface area contributed by atoms with Crippen molar-refractivity contribution in [3.63, 3.8) is 0 Å². The average molecular weight is 340 g/mol. The van der Waals surface area contributed by atoms with Gasteiger partial charge in [0, 0.05) is 5.69 Å². The Morgan fingerprint density at radius 2 is 1.72 bits per heavy atom. The Morgan fingerprint density at radius 1 is 1.04 bits per heavy atom. The number of nitrogens with one attached hydrogen (secondary N) is 2. The molecule has 25 heavy (non-hydrogen) atoms. The van der Waals surface area contributed by atoms with Crippen LogP contribution in [0.2, 0.25) is 0 Å². The first-order valence-electron chi connectivity index (χ1n) is 8.85. The molecule has 5 heteroatoms. The minimum Gasteiger partial charge on any atom is -0.467 e. The van der Waals surface area contributed by atoms with Gasteiger partial charge in [-0.15, -0.1) is 0 Å². The topological polar surface area (TPSA) is 71.3 Å². The van der Waals surface area contributed by atoms with Crippen molar-refractivity contribution in [3.8, 4) is 0 Å². The number of furan rings is 1. The summed E-state index contributed by atoms with van der Waals surface area (Å²) in [6, 6.07) is 9.69. The van der Waals surface area contributed by atoms with Crippen molar-refractivity contribution < 1.29 is 14.0 Å². The van der Waals surface area contributed by atoms with Gasteiger partial charge in [-0.25, -0.2) is 0 Å². The van der Waals surface area contributed by atoms with Gasteiger partial charge in [0.05, 0.1) is 24.6 Å². The van der Waals surface area contributed by atoms with Crippen molar-refractivity contribution in [1.29, 1.82) is 0 Å². The van der Waals surface area contributed by atoms with Crippen LogP contribution in [-0.4, -0.2) is 11.8 Å². The fourth-order valence-electron chi connectivity index (χ4n) is 3.11. The van der Waals surface area contributed by atoms with Crippen molar-refractivity contribution in [2.75, 3.05) is 5.32 Å². The quantitative estimate of drug-likeness (QED) is 0.812. The number of amides is 2. The summed E-state index contributed by atoms with van der Waals surface area (Å²) in [6.45, 7) is 4.51. The Hall–Kier alpha value is -2.56. The zero-order valence-electron chi connectivity index (χ0n) is 14.7. The van der Waals surface area contributed by atoms with Crippen LogP contribution in [0.15, 0.2) is 41.0 Å². The fourth-order valence-corrected chi connectivity index (χ4v) is 3.11. The highest BCUT2D eigenvalue weighted by Crippen LogP contribution is 2.40. The lowest BCUT2D eigenvalue weighted by Gasteiger charge is -2.14. The fraction of sp³-hybridized carbons (Fsp3) is 0.400. The molecule has 0 radical (unpaired) electrons. The molecule has 2 unspecified atom stereocenters. The van der Waals surface area contributed by atoms with Gasteiger partial charge in [0.25, 0.3) is 0 Å². The zero-order valence-corrected chi connectivity index (χ0v) is 14.7. The van der Waals surface area contributed by atoms with E-state index < -0.39 is 0 Å². The predicted octanol–water partition coefficient (Wildman–Crippen LogP) is 3.30. The van der Waals surface area contributed by atoms with E-state index >= 15 is 0 Å². The van der Waals surface area contributed by atoms with Gasteiger partial charge in [-0.2, -0.15) is 0 Å². The number of aryl methyl sites for hydroxylation is 2. The van der Waals surface area contributed by atoms with E-state index in [0.29, 0.717) is 18.7 Å². The van der Waals surface area contributed by atoms with Gasteiger partial charge in [0.1, 0.15) is 5.76 Å². The van der Waals surface area contributed by atoms with E-state index in [0.717, 1.165) is 29.7 Å². The number of anilines is 1. The van der Waals surface area contributed by atoms with Crippen LogP contribution < -0.4 is 10.6 Å². The second-order valence-electron chi connectivity index (χ2n) is 6.39. The molecule has 0 saturated heterocycles. The average Bonchev–Trinajstić information content (AvgIpc) is 3.27. The van der Waals surface area contributed by atoms with Crippen LogP contribution in [0, 0.1) is 11.8 Å². The van der Waals surface area contributed by atoms with Crippen molar-refractivity contribution in [1.82, 2.24) is 5.32 Å². The highest BCUT2D eigenvalue weighted by atomic mass is 16.3. The van der Waals surface area contributed by atoms with Crippen molar-refractivity contribution in [2.45, 2.75) is 39.7 Å². The Labute approximate surface area is 147 Å². The number of carbonyl (C=O) groups is 2. The summed E-state index contributed by atoms with van der Waals surface area (Å²) < 4.78 is 5.19. The third kappa shape index (κ3) is 3.92. The third-order valence-corrected chi connectivity index (χ3v) is 4.73. The maximum atomic E-state index is 12.5. The third-order valence-electron chi connectivity index (χ3n) is 4.73. The minimum atomic E-state index is -0.244. The van der Waals surface area contributed by atoms with Gasteiger partial charge in [0.15, 0.2) is 0 Å². The van der Waals surface area contributed by atoms with Gasteiger partial charge in [-0.3, -0.25) is 9.59 Å². The molecule has 1 aliphatic rings. The number of hydrogen-bond donors (Lipinski definition) is 2. The van der Waals surface area contributed by atoms with E-state index in [9.17, 15) is 9.59 Å². The summed E-state index contributed by atoms with van der Waals surface area (Å²) in [5, 5.41) is 5.89. The molecule has 0 bridgehead atoms. The molecule has 5 nitrogen and oxygen atoms in total. The molecule has 2 atom stereocenters. The maximum Gasteiger partial charge on any atom is 0.228 e. The van der Waals surface area contributed by atoms with Crippen LogP contribution in [-0.2, 0) is 29.0 Å². The molecule has 2 N–H and O–H groups in total. The predicted molar refractivity (Wildman–Crippen MR) is 96.0 cm³/mol. The SMILES string of the molecule is CCc1cccc(CC)c1NC(=O)C1CC1C(=O)NCc1ccco1. The van der Waals surface area contributed by atoms with E-state index in [4.69, 9.17) is 4.42 Å². The lowest BCUT2D eigenvalue weighted by molar-refractivity contribution is -0.125. The molecule has 3 rings (SSSR count). The van der Waals surface area contributed by atoms with Crippen molar-refractivity contribution >= 4 is 17.5 Å². The Bertz CT molecular complexity index is 730. The van der Waals surface area contributed by atoms with E-state index in [1.807, 2.05) is 24.3 Å². The van der Waals surface area contributed by atoms with Gasteiger partial charge >= 0.3 is 0 Å². The zero-order chi connectivity index (χ0) is 17.8. The second-order valence-corrected chi connectivity index (χ2v) is 6.39. The number of carbonyl (C=O) groups excluding carboxylic acids is 2. The summed E-state index contributed by atoms with van der Waals surface area (Å²) in [7, 11) is 0. The summed E-state index contributed by atoms with van der Waals surface area (Å²) in [5.74, 6) is 0.0734. The van der Waals surface area contributed by atoms with Crippen LogP contribution in [0.5, 0.6) is 0 Å². The molecule has 1 aromatic carbocycles. The number of hydrogen-bond acceptors (Lipinski definition) is 3. The highest BCUT2D eigenvalue weighted by Gasteiger charge is 2.48. The molecule has 2 amide bonds. The van der Waals surface area contributed by atoms with Crippen LogP contribution in [0.3, 0.4) is 0 Å². The molecule has 1 heterocycles. The first-order chi connectivity index (χ1) is 12.1. The lowest BCUT2D eigenvalue weighted by Crippen LogP contribution is -2.27. The maximum absolute atomic E-state index is 12.5. The molecule has 1 saturated carbocycles. The Kier molecular flexibility index (Phi) is 5.22. The molecule has 2 aromatic rings. The summed E-state index contributed by atoms with van der Waals surface area (Å²) in [4.78, 5) is 24.7. The summed E-state index contributed by atoms with van der Waals surface area (Å²) in [6.07, 6.45) is 3.90. The molecule has 1 aromatic heterocycles. The Balaban J connectivity index is 1.58. The van der Waals surface area contributed by atoms with Crippen molar-refractivity contribution in [3.05, 3.63) is 53.5 Å². The number of rotatable bonds is 7. The normalized spacial score (nSPS) is 18.6. The first-order valence-corrected chi connectivity index (χ1v) is 8.85. The standard InChI is InChI=1S/C20H24N2O3/c1-3-13-7-5-8-14(4-2)18(13)22-20(24)17-11-16(17)19(23)21-12-15-9-6-10-25-15/h5-10,16-17H,3-4,11-12H2,1-2H3,(H,21,23)(H,22,24). The lowest BCUT2D eigenvalue weighted by atomic mass is 10.0. The molecule has 132 valence electrons. The van der Waals surface area contributed by atoms with Gasteiger partial charge in [-0.05, 0) is 42.5 Å². The van der Waals surface area contributed by atoms with Gasteiger partial charge < -0.3 is 15.1 Å². The smallest absolute Gasteiger partial charge is 0.228 e. The monoisotopic (exact) mass is 340 g/mol. The van der Waals surface area contributed by atoms with Crippen LogP contribution in [0.4, 0.5) is 5.69 Å². The Morgan fingerprint density at radius 3 is 2.32 bits per heavy atom. The molecule has 0 aliphatic heterocycles. The van der Waals surface area contributed by atoms with E-state index in [1.165, 1.54) is 0 Å². The summed E-state index contributed by atoms with van der Waals surface area (Å²) in [5.41, 5.74) is 3.18. The largest absolute Gasteiger partial charge is 0.467 e. The molecule has 0 spiro atoms. The number of para-hydroxylation sites is 1. The van der Waals surface area contributed by atoms with Gasteiger partial charge in [-0.1, -0.05) is 32.0 Å². The van der Waals surface area contributed by atoms with Crippen LogP contribution >= 0.6 is 0 Å². The van der Waals surface area contributed by atoms with E-state index in [2.05, 4.69) is 24.5 Å². The second kappa shape index (κ2) is 7.55. The van der Waals surface area contributed by atoms with E-state index in [1.54, 1.807) is 12.3 Å². The van der Waals surface area contributed by atoms with E-state index in [-0.39, 0.29) is 23.7 Å². The van der Waals surface area contributed by atoms with Gasteiger partial charge in [0.2, 0.25) is 11.8 Å². The highest BCUT2D eigenvalue weighted by molar-refractivity contribution is 6.00. The van der Waals surface area contributed by atoms with Crippen LogP contribution in [0.25, 0.3) is 0 Å². The molecular weight excluding hydrogens is 316 g/mol. The van der Waals surface area contributed by atoms with Crippen LogP contribution in [0.1, 0.15) is 37.2 Å². The molecule has 1 fully saturated rings. The first kappa shape index (κ1) is 17.3. The molecular formula is C20H24N2O3. The minimum absolute atomic E-state index is 0.0613. The number of benzene rings is 1. The molecule has 1 aliphatic carbocycles. The van der Waals surface area contributed by atoms with Crippen molar-refractivity contribution in [2.24, 2.45) is 11.8 Å².